The van der Waals surface area contributed by atoms with Crippen molar-refractivity contribution in [3.8, 4) is 11.8 Å². The van der Waals surface area contributed by atoms with Crippen molar-refractivity contribution >= 4 is 11.6 Å². The Bertz CT molecular complexity index is 861. The van der Waals surface area contributed by atoms with Gasteiger partial charge in [-0.15, -0.1) is 0 Å². The van der Waals surface area contributed by atoms with Gasteiger partial charge < -0.3 is 14.5 Å². The molecule has 0 aromatic heterocycles. The average molecular weight is 392 g/mol. The van der Waals surface area contributed by atoms with E-state index in [-0.39, 0.29) is 17.9 Å². The molecule has 1 amide bonds. The van der Waals surface area contributed by atoms with Crippen LogP contribution in [0.4, 0.5) is 5.69 Å². The largest absolute Gasteiger partial charge is 0.484 e. The van der Waals surface area contributed by atoms with Gasteiger partial charge in [-0.05, 0) is 53.8 Å². The second-order valence-corrected chi connectivity index (χ2v) is 8.44. The third kappa shape index (κ3) is 5.51. The van der Waals surface area contributed by atoms with Gasteiger partial charge in [-0.2, -0.15) is 5.26 Å². The molecule has 2 aromatic carbocycles. The molecule has 1 aliphatic heterocycles. The van der Waals surface area contributed by atoms with Crippen molar-refractivity contribution in [2.75, 3.05) is 37.7 Å². The summed E-state index contributed by atoms with van der Waals surface area (Å²) in [5, 5.41) is 8.94. The molecule has 5 nitrogen and oxygen atoms in total. The molecule has 1 saturated heterocycles. The van der Waals surface area contributed by atoms with Crippen LogP contribution in [0.5, 0.6) is 5.75 Å². The predicted octanol–water partition coefficient (Wildman–Crippen LogP) is 3.97. The minimum Gasteiger partial charge on any atom is -0.484 e. The minimum absolute atomic E-state index is 0.0200. The van der Waals surface area contributed by atoms with E-state index in [9.17, 15) is 4.79 Å². The van der Waals surface area contributed by atoms with Crippen molar-refractivity contribution in [3.63, 3.8) is 0 Å². The zero-order valence-electron chi connectivity index (χ0n) is 17.5. The van der Waals surface area contributed by atoms with Gasteiger partial charge in [-0.25, -0.2) is 0 Å². The molecule has 1 fully saturated rings. The van der Waals surface area contributed by atoms with Crippen molar-refractivity contribution in [2.45, 2.75) is 32.6 Å². The van der Waals surface area contributed by atoms with Crippen molar-refractivity contribution in [2.24, 2.45) is 0 Å². The Labute approximate surface area is 173 Å². The van der Waals surface area contributed by atoms with Crippen LogP contribution in [0.15, 0.2) is 48.5 Å². The summed E-state index contributed by atoms with van der Waals surface area (Å²) in [5.74, 6) is 0.743. The number of hydrogen-bond acceptors (Lipinski definition) is 4. The van der Waals surface area contributed by atoms with E-state index in [1.54, 1.807) is 0 Å². The Morgan fingerprint density at radius 3 is 2.31 bits per heavy atom. The first-order valence-corrected chi connectivity index (χ1v) is 10.1. The molecule has 0 saturated carbocycles. The number of rotatable bonds is 4. The molecule has 5 heteroatoms. The second-order valence-electron chi connectivity index (χ2n) is 8.44. The number of nitriles is 1. The molecule has 3 rings (SSSR count). The third-order valence-electron chi connectivity index (χ3n) is 5.29. The second kappa shape index (κ2) is 9.00. The first-order chi connectivity index (χ1) is 13.9. The molecule has 0 unspecified atom stereocenters. The number of amides is 1. The Morgan fingerprint density at radius 2 is 1.69 bits per heavy atom. The van der Waals surface area contributed by atoms with E-state index in [4.69, 9.17) is 10.00 Å². The monoisotopic (exact) mass is 391 g/mol. The van der Waals surface area contributed by atoms with Crippen LogP contribution in [0.3, 0.4) is 0 Å². The van der Waals surface area contributed by atoms with E-state index in [0.717, 1.165) is 37.5 Å². The summed E-state index contributed by atoms with van der Waals surface area (Å²) in [4.78, 5) is 16.8. The number of hydrogen-bond donors (Lipinski definition) is 0. The number of benzene rings is 2. The predicted molar refractivity (Wildman–Crippen MR) is 115 cm³/mol. The molecule has 0 spiro atoms. The fourth-order valence-corrected chi connectivity index (χ4v) is 3.46. The highest BCUT2D eigenvalue weighted by Crippen LogP contribution is 2.24. The van der Waals surface area contributed by atoms with Gasteiger partial charge in [-0.1, -0.05) is 32.9 Å². The number of nitrogens with zero attached hydrogens (tertiary/aromatic N) is 3. The van der Waals surface area contributed by atoms with E-state index in [2.05, 4.69) is 43.9 Å². The Hall–Kier alpha value is -3.00. The molecule has 152 valence electrons. The van der Waals surface area contributed by atoms with Gasteiger partial charge in [0.25, 0.3) is 5.91 Å². The van der Waals surface area contributed by atoms with Crippen LogP contribution in [-0.2, 0) is 10.2 Å². The van der Waals surface area contributed by atoms with Crippen LogP contribution in [-0.4, -0.2) is 43.6 Å². The maximum Gasteiger partial charge on any atom is 0.260 e. The molecule has 0 aliphatic carbocycles. The molecule has 1 aliphatic rings. The van der Waals surface area contributed by atoms with Crippen LogP contribution in [0.25, 0.3) is 0 Å². The lowest BCUT2D eigenvalue weighted by atomic mass is 9.87. The summed E-state index contributed by atoms with van der Waals surface area (Å²) in [6.45, 7) is 9.66. The maximum atomic E-state index is 12.6. The highest BCUT2D eigenvalue weighted by molar-refractivity contribution is 5.78. The normalized spacial score (nSPS) is 14.8. The molecule has 29 heavy (non-hydrogen) atoms. The molecule has 0 bridgehead atoms. The third-order valence-corrected chi connectivity index (χ3v) is 5.29. The van der Waals surface area contributed by atoms with Crippen molar-refractivity contribution in [1.82, 2.24) is 4.90 Å². The van der Waals surface area contributed by atoms with E-state index in [1.807, 2.05) is 41.3 Å². The Morgan fingerprint density at radius 1 is 1.00 bits per heavy atom. The van der Waals surface area contributed by atoms with Crippen molar-refractivity contribution in [3.05, 3.63) is 59.7 Å². The summed E-state index contributed by atoms with van der Waals surface area (Å²) >= 11 is 0. The van der Waals surface area contributed by atoms with Gasteiger partial charge in [0, 0.05) is 31.9 Å². The zero-order valence-corrected chi connectivity index (χ0v) is 17.5. The quantitative estimate of drug-likeness (QED) is 0.791. The zero-order chi connectivity index (χ0) is 20.9. The summed E-state index contributed by atoms with van der Waals surface area (Å²) in [5.41, 5.74) is 3.09. The first-order valence-electron chi connectivity index (χ1n) is 10.1. The molecular weight excluding hydrogens is 362 g/mol. The fourth-order valence-electron chi connectivity index (χ4n) is 3.46. The fraction of sp³-hybridized carbons (Fsp3) is 0.417. The van der Waals surface area contributed by atoms with Gasteiger partial charge in [0.2, 0.25) is 0 Å². The van der Waals surface area contributed by atoms with Crippen LogP contribution in [0, 0.1) is 11.3 Å². The van der Waals surface area contributed by atoms with Gasteiger partial charge in [0.1, 0.15) is 5.75 Å². The molecule has 1 heterocycles. The summed E-state index contributed by atoms with van der Waals surface area (Å²) in [6, 6.07) is 17.7. The number of carbonyl (C=O) groups is 1. The van der Waals surface area contributed by atoms with Crippen molar-refractivity contribution in [1.29, 1.82) is 5.26 Å². The van der Waals surface area contributed by atoms with Crippen LogP contribution >= 0.6 is 0 Å². The van der Waals surface area contributed by atoms with Gasteiger partial charge >= 0.3 is 0 Å². The molecule has 0 N–H and O–H groups in total. The highest BCUT2D eigenvalue weighted by Gasteiger charge is 2.20. The lowest BCUT2D eigenvalue weighted by Gasteiger charge is -2.24. The molecule has 0 atom stereocenters. The van der Waals surface area contributed by atoms with E-state index in [1.165, 1.54) is 5.56 Å². The maximum absolute atomic E-state index is 12.6. The summed E-state index contributed by atoms with van der Waals surface area (Å²) in [7, 11) is 0. The average Bonchev–Trinajstić information content (AvgIpc) is 2.98. The Balaban J connectivity index is 1.52. The topological polar surface area (TPSA) is 56.6 Å². The summed E-state index contributed by atoms with van der Waals surface area (Å²) < 4.78 is 5.73. The van der Waals surface area contributed by atoms with E-state index < -0.39 is 0 Å². The number of ether oxygens (including phenoxy) is 1. The minimum atomic E-state index is 0.0200. The molecule has 2 aromatic rings. The molecule has 0 radical (unpaired) electrons. The lowest BCUT2D eigenvalue weighted by Crippen LogP contribution is -2.38. The molecular formula is C24H29N3O2. The van der Waals surface area contributed by atoms with E-state index >= 15 is 0 Å². The Kier molecular flexibility index (Phi) is 6.43. The number of carbonyl (C=O) groups excluding carboxylic acids is 1. The lowest BCUT2D eigenvalue weighted by molar-refractivity contribution is -0.133. The number of anilines is 1. The van der Waals surface area contributed by atoms with Gasteiger partial charge in [0.05, 0.1) is 11.6 Å². The standard InChI is InChI=1S/C24H29N3O2/c1-24(2,3)20-7-11-22(12-8-20)29-18-23(28)27-14-4-13-26(15-16-27)21-9-5-19(17-25)6-10-21/h5-12H,4,13-16,18H2,1-3H3. The smallest absolute Gasteiger partial charge is 0.260 e. The van der Waals surface area contributed by atoms with Gasteiger partial charge in [0.15, 0.2) is 6.61 Å². The first kappa shape index (κ1) is 20.7. The summed E-state index contributed by atoms with van der Waals surface area (Å²) in [6.07, 6.45) is 0.909. The highest BCUT2D eigenvalue weighted by atomic mass is 16.5. The van der Waals surface area contributed by atoms with Crippen LogP contribution in [0.1, 0.15) is 38.3 Å². The van der Waals surface area contributed by atoms with Crippen molar-refractivity contribution < 1.29 is 9.53 Å². The SMILES string of the molecule is CC(C)(C)c1ccc(OCC(=O)N2CCCN(c3ccc(C#N)cc3)CC2)cc1. The van der Waals surface area contributed by atoms with E-state index in [0.29, 0.717) is 12.1 Å². The van der Waals surface area contributed by atoms with Crippen LogP contribution in [0.2, 0.25) is 0 Å². The van der Waals surface area contributed by atoms with Crippen LogP contribution < -0.4 is 9.64 Å². The van der Waals surface area contributed by atoms with Gasteiger partial charge in [-0.3, -0.25) is 4.79 Å².